The van der Waals surface area contributed by atoms with E-state index in [-0.39, 0.29) is 36.3 Å². The number of hydrogen-bond donors (Lipinski definition) is 2. The Balaban J connectivity index is 1.58. The van der Waals surface area contributed by atoms with Crippen molar-refractivity contribution in [3.05, 3.63) is 75.2 Å². The number of amides is 1. The van der Waals surface area contributed by atoms with Gasteiger partial charge in [0.2, 0.25) is 5.91 Å². The zero-order valence-corrected chi connectivity index (χ0v) is 19.8. The number of benzene rings is 1. The van der Waals surface area contributed by atoms with Gasteiger partial charge < -0.3 is 15.2 Å². The number of thioether (sulfide) groups is 1. The monoisotopic (exact) mass is 481 g/mol. The number of carbonyl (C=O) groups excluding carboxylic acids is 1. The molecule has 2 heterocycles. The molecule has 0 atom stereocenters. The summed E-state index contributed by atoms with van der Waals surface area (Å²) in [5.41, 5.74) is 5.75. The van der Waals surface area contributed by atoms with Crippen LogP contribution < -0.4 is 21.9 Å². The maximum atomic E-state index is 13.2. The van der Waals surface area contributed by atoms with Gasteiger partial charge in [0, 0.05) is 19.0 Å². The summed E-state index contributed by atoms with van der Waals surface area (Å²) in [5, 5.41) is 9.17. The number of carbonyl (C=O) groups is 1. The predicted molar refractivity (Wildman–Crippen MR) is 132 cm³/mol. The number of nitrogens with one attached hydrogen (secondary N) is 1. The molecule has 178 valence electrons. The average molecular weight is 482 g/mol. The lowest BCUT2D eigenvalue weighted by atomic mass is 10.2. The van der Waals surface area contributed by atoms with E-state index in [2.05, 4.69) is 21.8 Å². The summed E-state index contributed by atoms with van der Waals surface area (Å²) in [6.45, 7) is 6.49. The van der Waals surface area contributed by atoms with Gasteiger partial charge in [-0.2, -0.15) is 0 Å². The lowest BCUT2D eigenvalue weighted by Gasteiger charge is -2.23. The highest BCUT2D eigenvalue weighted by molar-refractivity contribution is 7.99. The average Bonchev–Trinajstić information content (AvgIpc) is 3.60. The van der Waals surface area contributed by atoms with Crippen molar-refractivity contribution in [3.63, 3.8) is 0 Å². The number of nitrogen functional groups attached to an aromatic ring is 1. The van der Waals surface area contributed by atoms with Crippen LogP contribution in [0.4, 0.5) is 11.5 Å². The van der Waals surface area contributed by atoms with Gasteiger partial charge in [-0.3, -0.25) is 19.1 Å². The van der Waals surface area contributed by atoms with Gasteiger partial charge in [-0.05, 0) is 25.3 Å². The number of allylic oxidation sites excluding steroid dienone is 1. The number of H-pyrrole nitrogens is 1. The second-order valence-corrected chi connectivity index (χ2v) is 8.95. The van der Waals surface area contributed by atoms with Crippen molar-refractivity contribution in [1.29, 1.82) is 0 Å². The zero-order chi connectivity index (χ0) is 24.2. The molecule has 11 heteroatoms. The highest BCUT2D eigenvalue weighted by Crippen LogP contribution is 2.40. The number of nitrogens with two attached hydrogens (primary N) is 1. The van der Waals surface area contributed by atoms with Crippen molar-refractivity contribution in [1.82, 2.24) is 24.3 Å². The molecule has 0 spiro atoms. The van der Waals surface area contributed by atoms with E-state index < -0.39 is 11.2 Å². The first-order valence-corrected chi connectivity index (χ1v) is 12.1. The van der Waals surface area contributed by atoms with E-state index >= 15 is 0 Å². The van der Waals surface area contributed by atoms with Crippen molar-refractivity contribution in [2.24, 2.45) is 0 Å². The molecule has 1 aliphatic carbocycles. The molecule has 1 saturated carbocycles. The Labute approximate surface area is 200 Å². The number of aromatic nitrogens is 5. The van der Waals surface area contributed by atoms with Crippen LogP contribution in [0, 0.1) is 0 Å². The van der Waals surface area contributed by atoms with E-state index in [1.807, 2.05) is 34.9 Å². The fourth-order valence-electron chi connectivity index (χ4n) is 3.78. The summed E-state index contributed by atoms with van der Waals surface area (Å²) in [6.07, 6.45) is 3.95. The first kappa shape index (κ1) is 23.6. The predicted octanol–water partition coefficient (Wildman–Crippen LogP) is 1.97. The molecule has 3 aromatic rings. The van der Waals surface area contributed by atoms with Crippen LogP contribution in [0.25, 0.3) is 0 Å². The van der Waals surface area contributed by atoms with E-state index in [9.17, 15) is 14.4 Å². The van der Waals surface area contributed by atoms with Crippen molar-refractivity contribution in [3.8, 4) is 0 Å². The van der Waals surface area contributed by atoms with E-state index in [1.54, 1.807) is 13.0 Å². The van der Waals surface area contributed by atoms with Crippen LogP contribution in [0.3, 0.4) is 0 Å². The third-order valence-electron chi connectivity index (χ3n) is 5.61. The Bertz CT molecular complexity index is 1310. The molecule has 2 aromatic heterocycles. The molecule has 0 aliphatic heterocycles. The number of hydrogen-bond acceptors (Lipinski definition) is 7. The van der Waals surface area contributed by atoms with Crippen molar-refractivity contribution < 1.29 is 4.79 Å². The molecule has 4 rings (SSSR count). The van der Waals surface area contributed by atoms with E-state index in [0.29, 0.717) is 17.6 Å². The molecule has 3 N–H and O–H groups in total. The molecule has 34 heavy (non-hydrogen) atoms. The molecule has 10 nitrogen and oxygen atoms in total. The molecule has 1 aromatic carbocycles. The number of aromatic amines is 1. The summed E-state index contributed by atoms with van der Waals surface area (Å²) in [4.78, 5) is 41.9. The van der Waals surface area contributed by atoms with Gasteiger partial charge in [0.05, 0.1) is 12.3 Å². The van der Waals surface area contributed by atoms with E-state index in [1.165, 1.54) is 21.2 Å². The van der Waals surface area contributed by atoms with Crippen molar-refractivity contribution in [2.75, 3.05) is 22.9 Å². The highest BCUT2D eigenvalue weighted by Gasteiger charge is 2.30. The molecule has 0 unspecified atom stereocenters. The fraction of sp³-hybridized carbons (Fsp3) is 0.348. The molecule has 0 radical (unpaired) electrons. The van der Waals surface area contributed by atoms with Gasteiger partial charge >= 0.3 is 5.69 Å². The fourth-order valence-corrected chi connectivity index (χ4v) is 4.61. The standard InChI is InChI=1S/C23H27N7O3S/c1-3-12-29-20(16-10-11-16)26-27-23(29)34-14-17(31)28(4-2)18-19(24)30(22(33)25-21(18)32)13-15-8-6-5-7-9-15/h3,5-9,16H,1,4,10-14,24H2,2H3,(H,25,32,33). The van der Waals surface area contributed by atoms with Crippen LogP contribution in [0.5, 0.6) is 0 Å². The van der Waals surface area contributed by atoms with Gasteiger partial charge in [-0.1, -0.05) is 48.2 Å². The van der Waals surface area contributed by atoms with Gasteiger partial charge in [0.25, 0.3) is 5.56 Å². The first-order chi connectivity index (χ1) is 16.4. The number of nitrogens with zero attached hydrogens (tertiary/aromatic N) is 5. The summed E-state index contributed by atoms with van der Waals surface area (Å²) in [6, 6.07) is 9.27. The van der Waals surface area contributed by atoms with Gasteiger partial charge in [0.15, 0.2) is 10.8 Å². The topological polar surface area (TPSA) is 132 Å². The Morgan fingerprint density at radius 3 is 2.65 bits per heavy atom. The van der Waals surface area contributed by atoms with Crippen LogP contribution in [0.1, 0.15) is 37.1 Å². The summed E-state index contributed by atoms with van der Waals surface area (Å²) in [5.74, 6) is 0.980. The van der Waals surface area contributed by atoms with E-state index in [4.69, 9.17) is 5.73 Å². The Morgan fingerprint density at radius 2 is 2.00 bits per heavy atom. The quantitative estimate of drug-likeness (QED) is 0.334. The Morgan fingerprint density at radius 1 is 1.26 bits per heavy atom. The van der Waals surface area contributed by atoms with Crippen molar-refractivity contribution in [2.45, 2.75) is 43.9 Å². The lowest BCUT2D eigenvalue weighted by molar-refractivity contribution is -0.116. The molecule has 1 aliphatic rings. The highest BCUT2D eigenvalue weighted by atomic mass is 32.2. The normalized spacial score (nSPS) is 13.1. The van der Waals surface area contributed by atoms with Gasteiger partial charge in [0.1, 0.15) is 11.6 Å². The van der Waals surface area contributed by atoms with Crippen LogP contribution in [0.15, 0.2) is 57.7 Å². The first-order valence-electron chi connectivity index (χ1n) is 11.1. The molecule has 0 saturated heterocycles. The summed E-state index contributed by atoms with van der Waals surface area (Å²) < 4.78 is 3.23. The largest absolute Gasteiger partial charge is 0.383 e. The lowest BCUT2D eigenvalue weighted by Crippen LogP contribution is -2.41. The second kappa shape index (κ2) is 10.1. The third kappa shape index (κ3) is 4.84. The van der Waals surface area contributed by atoms with Crippen molar-refractivity contribution >= 4 is 29.2 Å². The second-order valence-electron chi connectivity index (χ2n) is 8.01. The minimum atomic E-state index is -0.696. The third-order valence-corrected chi connectivity index (χ3v) is 6.56. The minimum absolute atomic E-state index is 0.0322. The molecular formula is C23H27N7O3S. The van der Waals surface area contributed by atoms with Gasteiger partial charge in [-0.15, -0.1) is 16.8 Å². The zero-order valence-electron chi connectivity index (χ0n) is 18.9. The molecule has 0 bridgehead atoms. The molecular weight excluding hydrogens is 454 g/mol. The van der Waals surface area contributed by atoms with E-state index in [0.717, 1.165) is 24.2 Å². The summed E-state index contributed by atoms with van der Waals surface area (Å²) >= 11 is 1.25. The smallest absolute Gasteiger partial charge is 0.330 e. The summed E-state index contributed by atoms with van der Waals surface area (Å²) in [7, 11) is 0. The van der Waals surface area contributed by atoms with Crippen LogP contribution in [-0.4, -0.2) is 42.5 Å². The Hall–Kier alpha value is -3.60. The maximum absolute atomic E-state index is 13.2. The SMILES string of the molecule is C=CCn1c(SCC(=O)N(CC)c2c(N)n(Cc3ccccc3)c(=O)[nH]c2=O)nnc1C1CC1. The van der Waals surface area contributed by atoms with Crippen LogP contribution in [-0.2, 0) is 17.9 Å². The molecule has 1 fully saturated rings. The number of anilines is 2. The van der Waals surface area contributed by atoms with Gasteiger partial charge in [-0.25, -0.2) is 4.79 Å². The maximum Gasteiger partial charge on any atom is 0.330 e. The number of rotatable bonds is 10. The van der Waals surface area contributed by atoms with Crippen LogP contribution in [0.2, 0.25) is 0 Å². The molecule has 1 amide bonds. The Kier molecular flexibility index (Phi) is 7.01. The minimum Gasteiger partial charge on any atom is -0.383 e. The van der Waals surface area contributed by atoms with Crippen LogP contribution >= 0.6 is 11.8 Å².